The van der Waals surface area contributed by atoms with Crippen LogP contribution < -0.4 is 28.5 Å². The van der Waals surface area contributed by atoms with Gasteiger partial charge in [-0.3, -0.25) is 4.48 Å². The smallest absolute Gasteiger partial charge is 0.132 e. The number of rotatable bonds is 3. The summed E-state index contributed by atoms with van der Waals surface area (Å²) in [6.07, 6.45) is 0. The van der Waals surface area contributed by atoms with E-state index >= 15 is 0 Å². The van der Waals surface area contributed by atoms with Crippen molar-refractivity contribution in [3.8, 4) is 0 Å². The first-order valence-electron chi connectivity index (χ1n) is 4.58. The molecule has 80 valence electrons. The summed E-state index contributed by atoms with van der Waals surface area (Å²) >= 11 is 5.72. The number of quaternary nitrogens is 1. The molecule has 0 fully saturated rings. The largest absolute Gasteiger partial charge is 1.00 e. The van der Waals surface area contributed by atoms with E-state index in [9.17, 15) is 0 Å². The molecule has 0 aliphatic rings. The van der Waals surface area contributed by atoms with Gasteiger partial charge in [-0.25, -0.2) is 0 Å². The first-order valence-corrected chi connectivity index (χ1v) is 5.12. The standard InChI is InChI=1S/C11H17ClN.HI/c1-4-13(2,3)11-7-5-10(9-12)6-8-11;/h5-8H,4,9H2,1-3H3;1H/q+1;/p-1. The average molecular weight is 326 g/mol. The van der Waals surface area contributed by atoms with E-state index in [1.807, 2.05) is 0 Å². The lowest BCUT2D eigenvalue weighted by atomic mass is 10.2. The van der Waals surface area contributed by atoms with Crippen LogP contribution in [-0.2, 0) is 5.88 Å². The highest BCUT2D eigenvalue weighted by Gasteiger charge is 2.14. The highest BCUT2D eigenvalue weighted by atomic mass is 127. The highest BCUT2D eigenvalue weighted by Crippen LogP contribution is 2.19. The molecule has 3 heteroatoms. The van der Waals surface area contributed by atoms with Gasteiger partial charge in [-0.2, -0.15) is 0 Å². The molecule has 1 aromatic carbocycles. The molecule has 0 aromatic heterocycles. The molecule has 0 unspecified atom stereocenters. The molecular weight excluding hydrogens is 308 g/mol. The van der Waals surface area contributed by atoms with Gasteiger partial charge in [0, 0.05) is 5.88 Å². The van der Waals surface area contributed by atoms with Gasteiger partial charge in [0.25, 0.3) is 0 Å². The monoisotopic (exact) mass is 325 g/mol. The van der Waals surface area contributed by atoms with Crippen molar-refractivity contribution in [1.82, 2.24) is 4.48 Å². The summed E-state index contributed by atoms with van der Waals surface area (Å²) in [5, 5.41) is 0. The minimum Gasteiger partial charge on any atom is -1.00 e. The fraction of sp³-hybridized carbons (Fsp3) is 0.455. The van der Waals surface area contributed by atoms with E-state index in [-0.39, 0.29) is 24.0 Å². The van der Waals surface area contributed by atoms with Gasteiger partial charge >= 0.3 is 0 Å². The van der Waals surface area contributed by atoms with Crippen molar-refractivity contribution in [2.45, 2.75) is 12.8 Å². The van der Waals surface area contributed by atoms with Crippen molar-refractivity contribution in [1.29, 1.82) is 0 Å². The Morgan fingerprint density at radius 3 is 2.00 bits per heavy atom. The van der Waals surface area contributed by atoms with Gasteiger partial charge < -0.3 is 24.0 Å². The van der Waals surface area contributed by atoms with Crippen LogP contribution in [0.5, 0.6) is 0 Å². The Hall–Kier alpha value is 0.200. The molecule has 14 heavy (non-hydrogen) atoms. The molecular formula is C11H17ClIN. The van der Waals surface area contributed by atoms with Crippen LogP contribution >= 0.6 is 11.6 Å². The zero-order chi connectivity index (χ0) is 9.90. The third-order valence-corrected chi connectivity index (χ3v) is 2.89. The summed E-state index contributed by atoms with van der Waals surface area (Å²) in [6, 6.07) is 8.50. The molecule has 0 heterocycles. The topological polar surface area (TPSA) is 0 Å². The quantitative estimate of drug-likeness (QED) is 0.417. The molecule has 1 aromatic rings. The van der Waals surface area contributed by atoms with Crippen LogP contribution in [0.2, 0.25) is 0 Å². The summed E-state index contributed by atoms with van der Waals surface area (Å²) in [6.45, 7) is 3.29. The van der Waals surface area contributed by atoms with Crippen LogP contribution in [-0.4, -0.2) is 20.6 Å². The maximum Gasteiger partial charge on any atom is 0.132 e. The lowest BCUT2D eigenvalue weighted by Crippen LogP contribution is -3.00. The third-order valence-electron chi connectivity index (χ3n) is 2.58. The molecule has 0 saturated carbocycles. The predicted octanol–water partition coefficient (Wildman–Crippen LogP) is 0.0162. The van der Waals surface area contributed by atoms with Crippen molar-refractivity contribution in [3.63, 3.8) is 0 Å². The highest BCUT2D eigenvalue weighted by molar-refractivity contribution is 6.17. The molecule has 0 amide bonds. The van der Waals surface area contributed by atoms with Gasteiger partial charge in [0.1, 0.15) is 5.69 Å². The van der Waals surface area contributed by atoms with Crippen LogP contribution in [0.4, 0.5) is 5.69 Å². The second-order valence-electron chi connectivity index (χ2n) is 3.80. The Balaban J connectivity index is 0.00000169. The number of hydrogen-bond acceptors (Lipinski definition) is 0. The maximum absolute atomic E-state index is 5.72. The summed E-state index contributed by atoms with van der Waals surface area (Å²) in [7, 11) is 4.41. The molecule has 0 radical (unpaired) electrons. The molecule has 0 spiro atoms. The molecule has 0 N–H and O–H groups in total. The Morgan fingerprint density at radius 2 is 1.64 bits per heavy atom. The van der Waals surface area contributed by atoms with E-state index in [0.717, 1.165) is 11.0 Å². The molecule has 1 rings (SSSR count). The molecule has 0 atom stereocenters. The third kappa shape index (κ3) is 3.41. The van der Waals surface area contributed by atoms with Crippen LogP contribution in [0.25, 0.3) is 0 Å². The zero-order valence-electron chi connectivity index (χ0n) is 8.93. The van der Waals surface area contributed by atoms with Crippen LogP contribution in [0.1, 0.15) is 12.5 Å². The molecule has 0 bridgehead atoms. The van der Waals surface area contributed by atoms with Gasteiger partial charge in [0.15, 0.2) is 0 Å². The number of nitrogens with zero attached hydrogens (tertiary/aromatic N) is 1. The summed E-state index contributed by atoms with van der Waals surface area (Å²) in [4.78, 5) is 0. The molecule has 0 aliphatic heterocycles. The fourth-order valence-electron chi connectivity index (χ4n) is 1.17. The van der Waals surface area contributed by atoms with E-state index in [4.69, 9.17) is 11.6 Å². The first-order chi connectivity index (χ1) is 6.10. The minimum absolute atomic E-state index is 0. The van der Waals surface area contributed by atoms with E-state index in [1.165, 1.54) is 11.3 Å². The number of halogens is 2. The van der Waals surface area contributed by atoms with Gasteiger partial charge in [0.2, 0.25) is 0 Å². The van der Waals surface area contributed by atoms with E-state index < -0.39 is 0 Å². The first kappa shape index (κ1) is 14.2. The molecule has 1 nitrogen and oxygen atoms in total. The van der Waals surface area contributed by atoms with Crippen LogP contribution in [0.15, 0.2) is 24.3 Å². The molecule has 0 saturated heterocycles. The summed E-state index contributed by atoms with van der Waals surface area (Å²) < 4.78 is 0.919. The lowest BCUT2D eigenvalue weighted by Gasteiger charge is -2.27. The fourth-order valence-corrected chi connectivity index (χ4v) is 1.35. The number of alkyl halides is 1. The van der Waals surface area contributed by atoms with Crippen LogP contribution in [0, 0.1) is 0 Å². The Bertz CT molecular complexity index is 269. The van der Waals surface area contributed by atoms with Crippen molar-refractivity contribution in [2.24, 2.45) is 0 Å². The SMILES string of the molecule is CC[N+](C)(C)c1ccc(CCl)cc1.[I-]. The van der Waals surface area contributed by atoms with Crippen molar-refractivity contribution in [3.05, 3.63) is 29.8 Å². The Labute approximate surface area is 109 Å². The van der Waals surface area contributed by atoms with Crippen molar-refractivity contribution >= 4 is 17.3 Å². The van der Waals surface area contributed by atoms with Crippen LogP contribution in [0.3, 0.4) is 0 Å². The van der Waals surface area contributed by atoms with E-state index in [0.29, 0.717) is 5.88 Å². The second kappa shape index (κ2) is 5.93. The van der Waals surface area contributed by atoms with E-state index in [1.54, 1.807) is 0 Å². The van der Waals surface area contributed by atoms with Gasteiger partial charge in [-0.05, 0) is 24.6 Å². The minimum atomic E-state index is 0. The van der Waals surface area contributed by atoms with Gasteiger partial charge in [0.05, 0.1) is 20.6 Å². The summed E-state index contributed by atoms with van der Waals surface area (Å²) in [5.41, 5.74) is 2.51. The van der Waals surface area contributed by atoms with Gasteiger partial charge in [-0.15, -0.1) is 11.6 Å². The Morgan fingerprint density at radius 1 is 1.14 bits per heavy atom. The number of benzene rings is 1. The summed E-state index contributed by atoms with van der Waals surface area (Å²) in [5.74, 6) is 0.597. The lowest BCUT2D eigenvalue weighted by molar-refractivity contribution is -0.00000285. The average Bonchev–Trinajstić information content (AvgIpc) is 2.18. The predicted molar refractivity (Wildman–Crippen MR) is 60.2 cm³/mol. The normalized spacial score (nSPS) is 10.9. The van der Waals surface area contributed by atoms with Gasteiger partial charge in [-0.1, -0.05) is 12.1 Å². The maximum atomic E-state index is 5.72. The van der Waals surface area contributed by atoms with Crippen molar-refractivity contribution < 1.29 is 24.0 Å². The van der Waals surface area contributed by atoms with E-state index in [2.05, 4.69) is 45.3 Å². The number of hydrogen-bond donors (Lipinski definition) is 0. The second-order valence-corrected chi connectivity index (χ2v) is 4.07. The Kier molecular flexibility index (Phi) is 6.02. The zero-order valence-corrected chi connectivity index (χ0v) is 11.8. The molecule has 0 aliphatic carbocycles. The van der Waals surface area contributed by atoms with Crippen molar-refractivity contribution in [2.75, 3.05) is 20.6 Å².